The number of epoxide rings is 2. The summed E-state index contributed by atoms with van der Waals surface area (Å²) in [5.41, 5.74) is 2.18. The number of hydrogen-bond donors (Lipinski definition) is 0. The SMILES string of the molecule is Cc1ccc([C@@]23O[C@@H]2C(=O)[C@@H]2[C@@H]4C[C@@H]([C@@H]5O[C@H]45)[C@@H]2C3=O)cc1C. The first kappa shape index (κ1) is 12.8. The van der Waals surface area contributed by atoms with E-state index in [1.54, 1.807) is 0 Å². The van der Waals surface area contributed by atoms with Gasteiger partial charge in [-0.25, -0.2) is 0 Å². The summed E-state index contributed by atoms with van der Waals surface area (Å²) in [4.78, 5) is 26.3. The third kappa shape index (κ3) is 1.26. The molecule has 5 aliphatic rings. The molecule has 0 unspecified atom stereocenters. The Morgan fingerprint density at radius 1 is 1.04 bits per heavy atom. The monoisotopic (exact) mass is 310 g/mol. The van der Waals surface area contributed by atoms with E-state index < -0.39 is 11.7 Å². The van der Waals surface area contributed by atoms with E-state index in [1.165, 1.54) is 5.56 Å². The number of Topliss-reactive ketones (excluding diaryl/α,β-unsaturated/α-hetero) is 2. The summed E-state index contributed by atoms with van der Waals surface area (Å²) in [7, 11) is 0. The van der Waals surface area contributed by atoms with Gasteiger partial charge in [0.05, 0.1) is 12.2 Å². The fourth-order valence-electron chi connectivity index (χ4n) is 5.74. The smallest absolute Gasteiger partial charge is 0.186 e. The van der Waals surface area contributed by atoms with Gasteiger partial charge in [0.15, 0.2) is 23.3 Å². The highest BCUT2D eigenvalue weighted by Crippen LogP contribution is 2.68. The minimum atomic E-state index is -0.994. The molecule has 0 amide bonds. The molecule has 3 saturated carbocycles. The maximum Gasteiger partial charge on any atom is 0.186 e. The fourth-order valence-corrected chi connectivity index (χ4v) is 5.74. The zero-order chi connectivity index (χ0) is 15.7. The number of aryl methyl sites for hydroxylation is 2. The number of ether oxygens (including phenoxy) is 2. The lowest BCUT2D eigenvalue weighted by atomic mass is 9.64. The Labute approximate surface area is 134 Å². The van der Waals surface area contributed by atoms with Crippen molar-refractivity contribution in [2.24, 2.45) is 23.7 Å². The zero-order valence-corrected chi connectivity index (χ0v) is 13.1. The molecule has 2 bridgehead atoms. The van der Waals surface area contributed by atoms with Gasteiger partial charge in [0.1, 0.15) is 0 Å². The number of ketones is 2. The Kier molecular flexibility index (Phi) is 2.01. The van der Waals surface area contributed by atoms with Crippen LogP contribution in [0.5, 0.6) is 0 Å². The second-order valence-electron chi connectivity index (χ2n) is 7.98. The number of hydrogen-bond acceptors (Lipinski definition) is 4. The van der Waals surface area contributed by atoms with Gasteiger partial charge in [0, 0.05) is 11.8 Å². The summed E-state index contributed by atoms with van der Waals surface area (Å²) in [5, 5.41) is 0. The van der Waals surface area contributed by atoms with E-state index in [0.717, 1.165) is 17.5 Å². The molecule has 6 rings (SSSR count). The summed E-state index contributed by atoms with van der Waals surface area (Å²) in [6.45, 7) is 4.08. The molecule has 23 heavy (non-hydrogen) atoms. The molecule has 8 atom stereocenters. The van der Waals surface area contributed by atoms with E-state index >= 15 is 0 Å². The van der Waals surface area contributed by atoms with E-state index in [2.05, 4.69) is 0 Å². The molecule has 2 aliphatic heterocycles. The van der Waals surface area contributed by atoms with Gasteiger partial charge in [-0.1, -0.05) is 18.2 Å². The predicted octanol–water partition coefficient (Wildman–Crippen LogP) is 1.70. The van der Waals surface area contributed by atoms with Crippen molar-refractivity contribution < 1.29 is 19.1 Å². The van der Waals surface area contributed by atoms with Crippen molar-refractivity contribution in [3.05, 3.63) is 34.9 Å². The quantitative estimate of drug-likeness (QED) is 0.741. The van der Waals surface area contributed by atoms with E-state index in [9.17, 15) is 9.59 Å². The van der Waals surface area contributed by atoms with Gasteiger partial charge in [-0.05, 0) is 48.8 Å². The first-order chi connectivity index (χ1) is 11.0. The molecule has 5 fully saturated rings. The highest BCUT2D eigenvalue weighted by Gasteiger charge is 2.81. The molecule has 1 aromatic carbocycles. The van der Waals surface area contributed by atoms with Crippen LogP contribution in [0.15, 0.2) is 18.2 Å². The molecule has 4 nitrogen and oxygen atoms in total. The summed E-state index contributed by atoms with van der Waals surface area (Å²) in [6.07, 6.45) is 0.892. The molecule has 118 valence electrons. The fraction of sp³-hybridized carbons (Fsp3) is 0.579. The van der Waals surface area contributed by atoms with Crippen LogP contribution in [-0.2, 0) is 24.7 Å². The van der Waals surface area contributed by atoms with Crippen LogP contribution < -0.4 is 0 Å². The van der Waals surface area contributed by atoms with Crippen LogP contribution in [0.25, 0.3) is 0 Å². The van der Waals surface area contributed by atoms with Crippen molar-refractivity contribution in [3.8, 4) is 0 Å². The third-order valence-electron chi connectivity index (χ3n) is 7.07. The summed E-state index contributed by atoms with van der Waals surface area (Å²) in [5.74, 6) is 0.444. The van der Waals surface area contributed by atoms with Crippen molar-refractivity contribution in [3.63, 3.8) is 0 Å². The van der Waals surface area contributed by atoms with Gasteiger partial charge in [0.25, 0.3) is 0 Å². The van der Waals surface area contributed by atoms with E-state index in [4.69, 9.17) is 9.47 Å². The van der Waals surface area contributed by atoms with Gasteiger partial charge in [-0.2, -0.15) is 0 Å². The van der Waals surface area contributed by atoms with Crippen molar-refractivity contribution in [1.82, 2.24) is 0 Å². The van der Waals surface area contributed by atoms with Crippen LogP contribution >= 0.6 is 0 Å². The Morgan fingerprint density at radius 3 is 2.52 bits per heavy atom. The first-order valence-electron chi connectivity index (χ1n) is 8.53. The Balaban J connectivity index is 1.47. The predicted molar refractivity (Wildman–Crippen MR) is 79.7 cm³/mol. The van der Waals surface area contributed by atoms with Crippen LogP contribution in [0.2, 0.25) is 0 Å². The summed E-state index contributed by atoms with van der Waals surface area (Å²) in [6, 6.07) is 5.99. The molecular formula is C19H18O4. The van der Waals surface area contributed by atoms with E-state index in [0.29, 0.717) is 0 Å². The zero-order valence-electron chi connectivity index (χ0n) is 13.1. The van der Waals surface area contributed by atoms with Crippen LogP contribution in [0.4, 0.5) is 0 Å². The Hall–Kier alpha value is -1.52. The first-order valence-corrected chi connectivity index (χ1v) is 8.53. The highest BCUT2D eigenvalue weighted by atomic mass is 16.6. The summed E-state index contributed by atoms with van der Waals surface area (Å²) < 4.78 is 11.5. The number of fused-ring (bicyclic) bond motifs is 9. The van der Waals surface area contributed by atoms with Gasteiger partial charge < -0.3 is 9.47 Å². The van der Waals surface area contributed by atoms with Crippen LogP contribution in [0, 0.1) is 37.5 Å². The molecule has 0 aromatic heterocycles. The van der Waals surface area contributed by atoms with E-state index in [1.807, 2.05) is 32.0 Å². The molecule has 2 heterocycles. The topological polar surface area (TPSA) is 59.2 Å². The molecule has 0 radical (unpaired) electrons. The maximum absolute atomic E-state index is 13.3. The Morgan fingerprint density at radius 2 is 1.78 bits per heavy atom. The second-order valence-corrected chi connectivity index (χ2v) is 7.98. The molecule has 0 spiro atoms. The van der Waals surface area contributed by atoms with Crippen molar-refractivity contribution >= 4 is 11.6 Å². The normalized spacial score (nSPS) is 51.3. The lowest BCUT2D eigenvalue weighted by Gasteiger charge is -2.32. The lowest BCUT2D eigenvalue weighted by Crippen LogP contribution is -2.50. The Bertz CT molecular complexity index is 799. The molecule has 4 heteroatoms. The van der Waals surface area contributed by atoms with Gasteiger partial charge in [-0.15, -0.1) is 0 Å². The highest BCUT2D eigenvalue weighted by molar-refractivity contribution is 6.10. The number of rotatable bonds is 1. The molecular weight excluding hydrogens is 292 g/mol. The number of carbonyl (C=O) groups is 2. The lowest BCUT2D eigenvalue weighted by molar-refractivity contribution is -0.140. The van der Waals surface area contributed by atoms with Crippen molar-refractivity contribution in [1.29, 1.82) is 0 Å². The molecule has 1 aromatic rings. The molecule has 2 saturated heterocycles. The molecule has 3 aliphatic carbocycles. The van der Waals surface area contributed by atoms with E-state index in [-0.39, 0.29) is 47.4 Å². The largest absolute Gasteiger partial charge is 0.369 e. The number of carbonyl (C=O) groups excluding carboxylic acids is 2. The van der Waals surface area contributed by atoms with Crippen molar-refractivity contribution in [2.45, 2.75) is 44.2 Å². The molecule has 0 N–H and O–H groups in total. The van der Waals surface area contributed by atoms with Crippen molar-refractivity contribution in [2.75, 3.05) is 0 Å². The van der Waals surface area contributed by atoms with Gasteiger partial charge in [-0.3, -0.25) is 9.59 Å². The number of benzene rings is 1. The van der Waals surface area contributed by atoms with Crippen LogP contribution in [0.3, 0.4) is 0 Å². The third-order valence-corrected chi connectivity index (χ3v) is 7.07. The van der Waals surface area contributed by atoms with Gasteiger partial charge in [0.2, 0.25) is 0 Å². The summed E-state index contributed by atoms with van der Waals surface area (Å²) >= 11 is 0. The van der Waals surface area contributed by atoms with Crippen LogP contribution in [0.1, 0.15) is 23.1 Å². The minimum Gasteiger partial charge on any atom is -0.369 e. The standard InChI is InChI=1S/C19H18O4/c1-7-3-4-9(5-8(7)2)19-17(21)13-11-6-10(15-16(11)22-15)12(13)14(20)18(19)23-19/h3-5,10-13,15-16,18H,6H2,1-2H3/t10-,11+,12+,13-,15+,16-,18+,19-/m0/s1. The second kappa shape index (κ2) is 3.60. The average molecular weight is 310 g/mol. The average Bonchev–Trinajstić information content (AvgIpc) is 3.43. The maximum atomic E-state index is 13.3. The minimum absolute atomic E-state index is 0.136. The van der Waals surface area contributed by atoms with Crippen LogP contribution in [-0.4, -0.2) is 29.9 Å². The van der Waals surface area contributed by atoms with Gasteiger partial charge >= 0.3 is 0 Å².